The average Bonchev–Trinajstić information content (AvgIpc) is 3.09. The maximum atomic E-state index is 12.5. The number of benzene rings is 1. The van der Waals surface area contributed by atoms with Crippen molar-refractivity contribution in [2.24, 2.45) is 0 Å². The van der Waals surface area contributed by atoms with Crippen molar-refractivity contribution in [3.63, 3.8) is 0 Å². The number of pyridine rings is 1. The first-order valence-corrected chi connectivity index (χ1v) is 9.00. The summed E-state index contributed by atoms with van der Waals surface area (Å²) in [6.07, 6.45) is 2.18. The highest BCUT2D eigenvalue weighted by molar-refractivity contribution is 9.10. The standard InChI is InChI=1S/C19H21BrN2O2/c1-12-16(19(23)22-13(2)18-7-4-10-24-18)8-9-17(21-12)14-5-3-6-15(20)11-14/h3,5-6,8-9,11,13,18H,4,7,10H2,1-2H3,(H,22,23)/t13-,18-/m0/s1. The van der Waals surface area contributed by atoms with E-state index in [0.717, 1.165) is 40.9 Å². The Morgan fingerprint density at radius 3 is 2.88 bits per heavy atom. The van der Waals surface area contributed by atoms with Crippen molar-refractivity contribution >= 4 is 21.8 Å². The fourth-order valence-corrected chi connectivity index (χ4v) is 3.38. The van der Waals surface area contributed by atoms with Crippen LogP contribution >= 0.6 is 15.9 Å². The van der Waals surface area contributed by atoms with E-state index in [-0.39, 0.29) is 18.1 Å². The predicted molar refractivity (Wildman–Crippen MR) is 98.0 cm³/mol. The van der Waals surface area contributed by atoms with Gasteiger partial charge in [-0.3, -0.25) is 9.78 Å². The number of rotatable bonds is 4. The van der Waals surface area contributed by atoms with Crippen molar-refractivity contribution < 1.29 is 9.53 Å². The second-order valence-electron chi connectivity index (χ2n) is 6.15. The van der Waals surface area contributed by atoms with Gasteiger partial charge in [0, 0.05) is 16.6 Å². The largest absolute Gasteiger partial charge is 0.376 e. The van der Waals surface area contributed by atoms with Gasteiger partial charge in [-0.1, -0.05) is 28.1 Å². The number of amides is 1. The highest BCUT2D eigenvalue weighted by atomic mass is 79.9. The van der Waals surface area contributed by atoms with E-state index >= 15 is 0 Å². The molecule has 0 radical (unpaired) electrons. The van der Waals surface area contributed by atoms with Gasteiger partial charge in [-0.25, -0.2) is 0 Å². The zero-order chi connectivity index (χ0) is 17.1. The highest BCUT2D eigenvalue weighted by Gasteiger charge is 2.24. The zero-order valence-electron chi connectivity index (χ0n) is 13.9. The molecule has 24 heavy (non-hydrogen) atoms. The molecule has 3 rings (SSSR count). The first-order valence-electron chi connectivity index (χ1n) is 8.20. The third kappa shape index (κ3) is 3.84. The van der Waals surface area contributed by atoms with E-state index in [1.54, 1.807) is 0 Å². The second kappa shape index (κ2) is 7.45. The van der Waals surface area contributed by atoms with Crippen LogP contribution in [0.4, 0.5) is 0 Å². The fourth-order valence-electron chi connectivity index (χ4n) is 2.98. The van der Waals surface area contributed by atoms with E-state index in [1.165, 1.54) is 0 Å². The van der Waals surface area contributed by atoms with Gasteiger partial charge < -0.3 is 10.1 Å². The van der Waals surface area contributed by atoms with Crippen molar-refractivity contribution in [3.05, 3.63) is 52.1 Å². The van der Waals surface area contributed by atoms with Crippen molar-refractivity contribution in [2.75, 3.05) is 6.61 Å². The molecule has 0 saturated carbocycles. The lowest BCUT2D eigenvalue weighted by molar-refractivity contribution is 0.0712. The van der Waals surface area contributed by atoms with Crippen LogP contribution < -0.4 is 5.32 Å². The van der Waals surface area contributed by atoms with Crippen molar-refractivity contribution in [1.29, 1.82) is 0 Å². The van der Waals surface area contributed by atoms with Crippen LogP contribution in [-0.2, 0) is 4.74 Å². The highest BCUT2D eigenvalue weighted by Crippen LogP contribution is 2.23. The van der Waals surface area contributed by atoms with Crippen molar-refractivity contribution in [2.45, 2.75) is 38.8 Å². The maximum absolute atomic E-state index is 12.5. The third-order valence-electron chi connectivity index (χ3n) is 4.33. The number of aryl methyl sites for hydroxylation is 1. The topological polar surface area (TPSA) is 51.2 Å². The summed E-state index contributed by atoms with van der Waals surface area (Å²) < 4.78 is 6.64. The number of nitrogens with zero attached hydrogens (tertiary/aromatic N) is 1. The Hall–Kier alpha value is -1.72. The van der Waals surface area contributed by atoms with Crippen LogP contribution in [0.5, 0.6) is 0 Å². The molecule has 126 valence electrons. The maximum Gasteiger partial charge on any atom is 0.253 e. The molecule has 2 heterocycles. The lowest BCUT2D eigenvalue weighted by Gasteiger charge is -2.20. The molecule has 2 atom stereocenters. The number of carbonyl (C=O) groups is 1. The normalized spacial score (nSPS) is 18.4. The first-order chi connectivity index (χ1) is 11.5. The summed E-state index contributed by atoms with van der Waals surface area (Å²) in [4.78, 5) is 17.1. The van der Waals surface area contributed by atoms with Crippen LogP contribution in [0.25, 0.3) is 11.3 Å². The molecule has 0 aliphatic carbocycles. The molecule has 1 saturated heterocycles. The third-order valence-corrected chi connectivity index (χ3v) is 4.83. The van der Waals surface area contributed by atoms with Crippen molar-refractivity contribution in [1.82, 2.24) is 10.3 Å². The monoisotopic (exact) mass is 388 g/mol. The van der Waals surface area contributed by atoms with Gasteiger partial charge in [0.05, 0.1) is 29.1 Å². The van der Waals surface area contributed by atoms with Gasteiger partial charge in [0.1, 0.15) is 0 Å². The second-order valence-corrected chi connectivity index (χ2v) is 7.07. The minimum absolute atomic E-state index is 0.00385. The number of hydrogen-bond donors (Lipinski definition) is 1. The molecule has 0 spiro atoms. The molecule has 0 unspecified atom stereocenters. The molecule has 0 bridgehead atoms. The SMILES string of the molecule is Cc1nc(-c2cccc(Br)c2)ccc1C(=O)N[C@@H](C)[C@@H]1CCCO1. The zero-order valence-corrected chi connectivity index (χ0v) is 15.5. The van der Waals surface area contributed by atoms with E-state index < -0.39 is 0 Å². The van der Waals surface area contributed by atoms with Gasteiger partial charge in [0.2, 0.25) is 0 Å². The van der Waals surface area contributed by atoms with Crippen molar-refractivity contribution in [3.8, 4) is 11.3 Å². The summed E-state index contributed by atoms with van der Waals surface area (Å²) in [5, 5.41) is 3.04. The average molecular weight is 389 g/mol. The van der Waals surface area contributed by atoms with Gasteiger partial charge in [-0.05, 0) is 51.0 Å². The lowest BCUT2D eigenvalue weighted by Crippen LogP contribution is -2.41. The first kappa shape index (κ1) is 17.1. The summed E-state index contributed by atoms with van der Waals surface area (Å²) in [5.74, 6) is -0.0937. The summed E-state index contributed by atoms with van der Waals surface area (Å²) in [6.45, 7) is 4.65. The van der Waals surface area contributed by atoms with Crippen LogP contribution in [0.2, 0.25) is 0 Å². The summed E-state index contributed by atoms with van der Waals surface area (Å²) in [7, 11) is 0. The molecule has 5 heteroatoms. The Morgan fingerprint density at radius 2 is 2.21 bits per heavy atom. The van der Waals surface area contributed by atoms with Gasteiger partial charge in [-0.15, -0.1) is 0 Å². The van der Waals surface area contributed by atoms with Gasteiger partial charge in [0.15, 0.2) is 0 Å². The Balaban J connectivity index is 1.75. The summed E-state index contributed by atoms with van der Waals surface area (Å²) in [6, 6.07) is 11.7. The van der Waals surface area contributed by atoms with Crippen LogP contribution in [0, 0.1) is 6.92 Å². The molecular weight excluding hydrogens is 368 g/mol. The Kier molecular flexibility index (Phi) is 5.31. The Bertz CT molecular complexity index is 742. The van der Waals surface area contributed by atoms with Crippen LogP contribution in [-0.4, -0.2) is 29.6 Å². The smallest absolute Gasteiger partial charge is 0.253 e. The Morgan fingerprint density at radius 1 is 1.38 bits per heavy atom. The molecule has 1 fully saturated rings. The molecule has 1 amide bonds. The van der Waals surface area contributed by atoms with Crippen LogP contribution in [0.1, 0.15) is 35.8 Å². The molecule has 4 nitrogen and oxygen atoms in total. The number of ether oxygens (including phenoxy) is 1. The molecule has 2 aromatic rings. The van der Waals surface area contributed by atoms with E-state index in [0.29, 0.717) is 5.56 Å². The molecular formula is C19H21BrN2O2. The van der Waals surface area contributed by atoms with E-state index in [9.17, 15) is 4.79 Å². The van der Waals surface area contributed by atoms with Crippen LogP contribution in [0.15, 0.2) is 40.9 Å². The lowest BCUT2D eigenvalue weighted by atomic mass is 10.1. The molecule has 1 aliphatic rings. The molecule has 1 aromatic carbocycles. The predicted octanol–water partition coefficient (Wildman–Crippen LogP) is 4.12. The van der Waals surface area contributed by atoms with Gasteiger partial charge in [-0.2, -0.15) is 0 Å². The molecule has 1 aliphatic heterocycles. The Labute approximate surface area is 150 Å². The summed E-state index contributed by atoms with van der Waals surface area (Å²) >= 11 is 3.47. The number of aromatic nitrogens is 1. The van der Waals surface area contributed by atoms with Gasteiger partial charge >= 0.3 is 0 Å². The van der Waals surface area contributed by atoms with Crippen LogP contribution in [0.3, 0.4) is 0 Å². The number of hydrogen-bond acceptors (Lipinski definition) is 3. The molecule has 1 N–H and O–H groups in total. The minimum atomic E-state index is -0.0937. The number of halogens is 1. The quantitative estimate of drug-likeness (QED) is 0.856. The fraction of sp³-hybridized carbons (Fsp3) is 0.368. The van der Waals surface area contributed by atoms with E-state index in [4.69, 9.17) is 4.74 Å². The van der Waals surface area contributed by atoms with E-state index in [2.05, 4.69) is 26.2 Å². The minimum Gasteiger partial charge on any atom is -0.376 e. The number of nitrogens with one attached hydrogen (secondary N) is 1. The molecule has 1 aromatic heterocycles. The number of carbonyl (C=O) groups excluding carboxylic acids is 1. The van der Waals surface area contributed by atoms with E-state index in [1.807, 2.05) is 50.2 Å². The van der Waals surface area contributed by atoms with Gasteiger partial charge in [0.25, 0.3) is 5.91 Å². The summed E-state index contributed by atoms with van der Waals surface area (Å²) in [5.41, 5.74) is 3.22.